The van der Waals surface area contributed by atoms with E-state index in [0.29, 0.717) is 24.0 Å². The molecule has 1 aromatic rings. The Kier molecular flexibility index (Phi) is 5.47. The van der Waals surface area contributed by atoms with Crippen molar-refractivity contribution in [1.29, 1.82) is 0 Å². The average molecular weight is 345 g/mol. The maximum absolute atomic E-state index is 12.4. The highest BCUT2D eigenvalue weighted by Gasteiger charge is 2.33. The standard InChI is InChI=1S/C15H21ClN2O3S/c1-11-3-2-8-18(14(11)9-17)15(19)10-22(20,21)13-6-4-12(16)5-7-13/h4-7,11,14H,2-3,8-10,17H2,1H3/t11-,14+/m0/s1. The molecule has 0 unspecified atom stereocenters. The van der Waals surface area contributed by atoms with E-state index in [1.807, 2.05) is 6.92 Å². The van der Waals surface area contributed by atoms with Gasteiger partial charge in [0.2, 0.25) is 5.91 Å². The summed E-state index contributed by atoms with van der Waals surface area (Å²) in [5.74, 6) is -0.615. The van der Waals surface area contributed by atoms with E-state index in [2.05, 4.69) is 0 Å². The number of sulfone groups is 1. The lowest BCUT2D eigenvalue weighted by atomic mass is 9.91. The van der Waals surface area contributed by atoms with Crippen molar-refractivity contribution in [2.75, 3.05) is 18.8 Å². The van der Waals surface area contributed by atoms with Crippen LogP contribution in [0.1, 0.15) is 19.8 Å². The summed E-state index contributed by atoms with van der Waals surface area (Å²) in [4.78, 5) is 14.2. The SMILES string of the molecule is C[C@H]1CCCN(C(=O)CS(=O)(=O)c2ccc(Cl)cc2)[C@@H]1CN. The molecule has 2 rings (SSSR count). The van der Waals surface area contributed by atoms with Gasteiger partial charge >= 0.3 is 0 Å². The molecule has 1 amide bonds. The highest BCUT2D eigenvalue weighted by molar-refractivity contribution is 7.92. The second-order valence-corrected chi connectivity index (χ2v) is 8.15. The summed E-state index contributed by atoms with van der Waals surface area (Å²) in [5.41, 5.74) is 5.76. The maximum atomic E-state index is 12.4. The number of halogens is 1. The van der Waals surface area contributed by atoms with Gasteiger partial charge in [-0.2, -0.15) is 0 Å². The fraction of sp³-hybridized carbons (Fsp3) is 0.533. The lowest BCUT2D eigenvalue weighted by molar-refractivity contribution is -0.133. The van der Waals surface area contributed by atoms with Crippen LogP contribution < -0.4 is 5.73 Å². The Morgan fingerprint density at radius 2 is 2.00 bits per heavy atom. The summed E-state index contributed by atoms with van der Waals surface area (Å²) in [5, 5.41) is 0.457. The Hall–Kier alpha value is -1.11. The molecule has 0 radical (unpaired) electrons. The van der Waals surface area contributed by atoms with Gasteiger partial charge in [0.1, 0.15) is 5.75 Å². The van der Waals surface area contributed by atoms with Crippen molar-refractivity contribution < 1.29 is 13.2 Å². The van der Waals surface area contributed by atoms with Crippen molar-refractivity contribution >= 4 is 27.3 Å². The Morgan fingerprint density at radius 1 is 1.36 bits per heavy atom. The van der Waals surface area contributed by atoms with Gasteiger partial charge in [-0.25, -0.2) is 8.42 Å². The largest absolute Gasteiger partial charge is 0.337 e. The zero-order valence-corrected chi connectivity index (χ0v) is 14.1. The van der Waals surface area contributed by atoms with Crippen molar-refractivity contribution in [2.24, 2.45) is 11.7 Å². The number of benzene rings is 1. The molecule has 0 bridgehead atoms. The summed E-state index contributed by atoms with van der Waals surface area (Å²) >= 11 is 5.76. The van der Waals surface area contributed by atoms with Crippen LogP contribution in [0.15, 0.2) is 29.2 Å². The summed E-state index contributed by atoms with van der Waals surface area (Å²) in [6.07, 6.45) is 1.89. The number of hydrogen-bond donors (Lipinski definition) is 1. The molecule has 1 heterocycles. The molecule has 1 aliphatic rings. The summed E-state index contributed by atoms with van der Waals surface area (Å²) < 4.78 is 24.7. The molecule has 1 saturated heterocycles. The normalized spacial score (nSPS) is 22.6. The minimum atomic E-state index is -3.67. The van der Waals surface area contributed by atoms with Crippen LogP contribution in [0.4, 0.5) is 0 Å². The van der Waals surface area contributed by atoms with E-state index in [4.69, 9.17) is 17.3 Å². The van der Waals surface area contributed by atoms with E-state index in [1.165, 1.54) is 24.3 Å². The fourth-order valence-electron chi connectivity index (χ4n) is 2.89. The number of piperidine rings is 1. The Morgan fingerprint density at radius 3 is 2.59 bits per heavy atom. The molecule has 0 aromatic heterocycles. The molecule has 1 aliphatic heterocycles. The summed E-state index contributed by atoms with van der Waals surface area (Å²) in [7, 11) is -3.67. The number of amides is 1. The molecule has 2 N–H and O–H groups in total. The first-order valence-electron chi connectivity index (χ1n) is 7.33. The Labute approximate surface area is 136 Å². The molecule has 1 aromatic carbocycles. The molecular formula is C15H21ClN2O3S. The molecule has 122 valence electrons. The van der Waals surface area contributed by atoms with E-state index in [0.717, 1.165) is 12.8 Å². The van der Waals surface area contributed by atoms with Crippen molar-refractivity contribution in [3.8, 4) is 0 Å². The van der Waals surface area contributed by atoms with E-state index >= 15 is 0 Å². The average Bonchev–Trinajstić information content (AvgIpc) is 2.47. The second kappa shape index (κ2) is 6.98. The first-order valence-corrected chi connectivity index (χ1v) is 9.36. The summed E-state index contributed by atoms with van der Waals surface area (Å²) in [6, 6.07) is 5.77. The molecule has 7 heteroatoms. The van der Waals surface area contributed by atoms with Gasteiger partial charge in [0.05, 0.1) is 4.90 Å². The second-order valence-electron chi connectivity index (χ2n) is 5.72. The van der Waals surface area contributed by atoms with Gasteiger partial charge in [0.25, 0.3) is 0 Å². The van der Waals surface area contributed by atoms with E-state index in [1.54, 1.807) is 4.90 Å². The molecule has 2 atom stereocenters. The minimum Gasteiger partial charge on any atom is -0.337 e. The highest BCUT2D eigenvalue weighted by atomic mass is 35.5. The van der Waals surface area contributed by atoms with Gasteiger partial charge in [-0.1, -0.05) is 18.5 Å². The van der Waals surface area contributed by atoms with Gasteiger partial charge in [0.15, 0.2) is 9.84 Å². The van der Waals surface area contributed by atoms with E-state index in [9.17, 15) is 13.2 Å². The lowest BCUT2D eigenvalue weighted by Crippen LogP contribution is -2.52. The number of likely N-dealkylation sites (tertiary alicyclic amines) is 1. The zero-order valence-electron chi connectivity index (χ0n) is 12.5. The predicted octanol–water partition coefficient (Wildman–Crippen LogP) is 1.70. The molecule has 0 spiro atoms. The number of nitrogens with zero attached hydrogens (tertiary/aromatic N) is 1. The highest BCUT2D eigenvalue weighted by Crippen LogP contribution is 2.24. The first kappa shape index (κ1) is 17.2. The number of nitrogens with two attached hydrogens (primary N) is 1. The third-order valence-electron chi connectivity index (χ3n) is 4.16. The number of carbonyl (C=O) groups is 1. The zero-order chi connectivity index (χ0) is 16.3. The number of rotatable bonds is 4. The first-order chi connectivity index (χ1) is 10.3. The predicted molar refractivity (Wildman–Crippen MR) is 86.5 cm³/mol. The van der Waals surface area contributed by atoms with Gasteiger partial charge in [-0.15, -0.1) is 0 Å². The number of hydrogen-bond acceptors (Lipinski definition) is 4. The smallest absolute Gasteiger partial charge is 0.238 e. The van der Waals surface area contributed by atoms with Gasteiger partial charge in [0, 0.05) is 24.2 Å². The van der Waals surface area contributed by atoms with Gasteiger partial charge in [-0.3, -0.25) is 4.79 Å². The van der Waals surface area contributed by atoms with Crippen LogP contribution in [0.5, 0.6) is 0 Å². The fourth-order valence-corrected chi connectivity index (χ4v) is 4.22. The van der Waals surface area contributed by atoms with Crippen LogP contribution in [0.2, 0.25) is 5.02 Å². The maximum Gasteiger partial charge on any atom is 0.238 e. The van der Waals surface area contributed by atoms with Crippen LogP contribution in [0, 0.1) is 5.92 Å². The monoisotopic (exact) mass is 344 g/mol. The van der Waals surface area contributed by atoms with Crippen molar-refractivity contribution in [1.82, 2.24) is 4.90 Å². The molecule has 0 aliphatic carbocycles. The Bertz CT molecular complexity index is 631. The van der Waals surface area contributed by atoms with Crippen LogP contribution in [-0.2, 0) is 14.6 Å². The molecular weight excluding hydrogens is 324 g/mol. The molecule has 5 nitrogen and oxygen atoms in total. The molecule has 1 fully saturated rings. The van der Waals surface area contributed by atoms with Gasteiger partial charge in [-0.05, 0) is 43.0 Å². The minimum absolute atomic E-state index is 0.0818. The third-order valence-corrected chi connectivity index (χ3v) is 6.03. The lowest BCUT2D eigenvalue weighted by Gasteiger charge is -2.39. The van der Waals surface area contributed by atoms with Crippen molar-refractivity contribution in [3.63, 3.8) is 0 Å². The topological polar surface area (TPSA) is 80.5 Å². The number of carbonyl (C=O) groups excluding carboxylic acids is 1. The summed E-state index contributed by atoms with van der Waals surface area (Å²) in [6.45, 7) is 2.97. The van der Waals surface area contributed by atoms with E-state index < -0.39 is 15.6 Å². The van der Waals surface area contributed by atoms with Crippen molar-refractivity contribution in [3.05, 3.63) is 29.3 Å². The molecule has 22 heavy (non-hydrogen) atoms. The van der Waals surface area contributed by atoms with Crippen LogP contribution >= 0.6 is 11.6 Å². The third kappa shape index (κ3) is 3.80. The van der Waals surface area contributed by atoms with Crippen LogP contribution in [-0.4, -0.2) is 44.1 Å². The molecule has 0 saturated carbocycles. The van der Waals surface area contributed by atoms with Crippen LogP contribution in [0.25, 0.3) is 0 Å². The Balaban J connectivity index is 2.14. The van der Waals surface area contributed by atoms with E-state index in [-0.39, 0.29) is 16.8 Å². The quantitative estimate of drug-likeness (QED) is 0.901. The van der Waals surface area contributed by atoms with Gasteiger partial charge < -0.3 is 10.6 Å². The van der Waals surface area contributed by atoms with Crippen molar-refractivity contribution in [2.45, 2.75) is 30.7 Å². The van der Waals surface area contributed by atoms with Crippen LogP contribution in [0.3, 0.4) is 0 Å².